The van der Waals surface area contributed by atoms with E-state index in [1.54, 1.807) is 6.07 Å². The van der Waals surface area contributed by atoms with Gasteiger partial charge in [0.1, 0.15) is 0 Å². The fourth-order valence-electron chi connectivity index (χ4n) is 3.54. The highest BCUT2D eigenvalue weighted by molar-refractivity contribution is 7.92. The second-order valence-corrected chi connectivity index (χ2v) is 9.73. The Bertz CT molecular complexity index is 1100. The third-order valence-corrected chi connectivity index (χ3v) is 6.56. The lowest BCUT2D eigenvalue weighted by molar-refractivity contribution is -0.117. The third-order valence-electron chi connectivity index (χ3n) is 5.27. The summed E-state index contributed by atoms with van der Waals surface area (Å²) in [6, 6.07) is 12.0. The number of carbonyl (C=O) groups excluding carboxylic acids is 1. The minimum Gasteiger partial charge on any atom is -0.478 e. The van der Waals surface area contributed by atoms with Crippen molar-refractivity contribution in [3.8, 4) is 0 Å². The molecule has 1 heterocycles. The molecule has 2 aromatic carbocycles. The lowest BCUT2D eigenvalue weighted by Gasteiger charge is -2.36. The molecule has 2 aromatic rings. The Morgan fingerprint density at radius 2 is 1.78 bits per heavy atom. The number of aryl methyl sites for hydroxylation is 1. The number of piperazine rings is 1. The van der Waals surface area contributed by atoms with Gasteiger partial charge >= 0.3 is 5.97 Å². The molecule has 10 heteroatoms. The molecule has 1 amide bonds. The van der Waals surface area contributed by atoms with E-state index in [-0.39, 0.29) is 29.5 Å². The van der Waals surface area contributed by atoms with Gasteiger partial charge in [0, 0.05) is 31.9 Å². The second-order valence-electron chi connectivity index (χ2n) is 7.72. The first-order valence-electron chi connectivity index (χ1n) is 10.4. The molecular formula is C22H28N4O5S. The topological polar surface area (TPSA) is 119 Å². The fourth-order valence-corrected chi connectivity index (χ4v) is 4.18. The predicted octanol–water partition coefficient (Wildman–Crippen LogP) is 2.22. The first-order chi connectivity index (χ1) is 15.2. The van der Waals surface area contributed by atoms with Crippen molar-refractivity contribution < 1.29 is 23.1 Å². The van der Waals surface area contributed by atoms with Crippen molar-refractivity contribution in [2.75, 3.05) is 53.4 Å². The molecular weight excluding hydrogens is 432 g/mol. The molecule has 32 heavy (non-hydrogen) atoms. The molecule has 0 spiro atoms. The zero-order chi connectivity index (χ0) is 23.3. The van der Waals surface area contributed by atoms with Crippen molar-refractivity contribution in [1.29, 1.82) is 0 Å². The lowest BCUT2D eigenvalue weighted by Crippen LogP contribution is -2.48. The highest BCUT2D eigenvalue weighted by atomic mass is 32.2. The van der Waals surface area contributed by atoms with Gasteiger partial charge in [-0.2, -0.15) is 0 Å². The number of nitrogens with zero attached hydrogens (tertiary/aromatic N) is 2. The Labute approximate surface area is 188 Å². The van der Waals surface area contributed by atoms with Crippen LogP contribution in [0.1, 0.15) is 22.8 Å². The molecule has 0 saturated carbocycles. The summed E-state index contributed by atoms with van der Waals surface area (Å²) in [5.74, 6) is -1.34. The average Bonchev–Trinajstić information content (AvgIpc) is 2.74. The third kappa shape index (κ3) is 6.21. The zero-order valence-corrected chi connectivity index (χ0v) is 19.0. The van der Waals surface area contributed by atoms with E-state index in [2.05, 4.69) is 10.0 Å². The molecule has 3 rings (SSSR count). The molecule has 0 atom stereocenters. The first kappa shape index (κ1) is 23.6. The smallest absolute Gasteiger partial charge is 0.335 e. The van der Waals surface area contributed by atoms with Gasteiger partial charge in [-0.3, -0.25) is 14.4 Å². The van der Waals surface area contributed by atoms with Crippen molar-refractivity contribution in [3.05, 3.63) is 53.6 Å². The number of amides is 1. The zero-order valence-electron chi connectivity index (χ0n) is 18.2. The number of carboxylic acid groups (broad SMARTS) is 1. The van der Waals surface area contributed by atoms with E-state index in [0.29, 0.717) is 31.9 Å². The maximum absolute atomic E-state index is 12.4. The van der Waals surface area contributed by atoms with E-state index in [1.165, 1.54) is 19.1 Å². The molecule has 0 aromatic heterocycles. The molecule has 1 aliphatic heterocycles. The number of sulfonamides is 1. The lowest BCUT2D eigenvalue weighted by atomic mass is 10.1. The Hall–Kier alpha value is -3.11. The molecule has 0 radical (unpaired) electrons. The Kier molecular flexibility index (Phi) is 7.37. The van der Waals surface area contributed by atoms with Crippen LogP contribution in [0.25, 0.3) is 0 Å². The monoisotopic (exact) mass is 460 g/mol. The van der Waals surface area contributed by atoms with Crippen LogP contribution in [-0.2, 0) is 14.8 Å². The molecule has 1 saturated heterocycles. The van der Waals surface area contributed by atoms with Crippen molar-refractivity contribution in [3.63, 3.8) is 0 Å². The fraction of sp³-hybridized carbons (Fsp3) is 0.364. The van der Waals surface area contributed by atoms with Gasteiger partial charge in [0.2, 0.25) is 15.9 Å². The summed E-state index contributed by atoms with van der Waals surface area (Å²) < 4.78 is 26.7. The van der Waals surface area contributed by atoms with Crippen molar-refractivity contribution in [2.45, 2.75) is 13.8 Å². The van der Waals surface area contributed by atoms with Gasteiger partial charge in [-0.1, -0.05) is 12.1 Å². The summed E-state index contributed by atoms with van der Waals surface area (Å²) in [7, 11) is -3.57. The van der Waals surface area contributed by atoms with Crippen LogP contribution < -0.4 is 14.9 Å². The maximum atomic E-state index is 12.4. The molecule has 3 N–H and O–H groups in total. The van der Waals surface area contributed by atoms with Crippen LogP contribution in [0, 0.1) is 6.92 Å². The number of hydrogen-bond donors (Lipinski definition) is 3. The molecule has 0 aliphatic carbocycles. The number of carbonyl (C=O) groups is 2. The van der Waals surface area contributed by atoms with Crippen LogP contribution in [0.4, 0.5) is 17.1 Å². The van der Waals surface area contributed by atoms with E-state index in [0.717, 1.165) is 11.3 Å². The van der Waals surface area contributed by atoms with Crippen LogP contribution in [0.2, 0.25) is 0 Å². The molecule has 0 unspecified atom stereocenters. The van der Waals surface area contributed by atoms with Crippen LogP contribution >= 0.6 is 0 Å². The predicted molar refractivity (Wildman–Crippen MR) is 125 cm³/mol. The van der Waals surface area contributed by atoms with Gasteiger partial charge in [-0.05, 0) is 49.7 Å². The largest absolute Gasteiger partial charge is 0.478 e. The molecule has 1 fully saturated rings. The van der Waals surface area contributed by atoms with E-state index in [9.17, 15) is 23.1 Å². The van der Waals surface area contributed by atoms with Gasteiger partial charge in [0.05, 0.1) is 29.2 Å². The summed E-state index contributed by atoms with van der Waals surface area (Å²) in [6.07, 6.45) is 0. The van der Waals surface area contributed by atoms with Gasteiger partial charge in [0.15, 0.2) is 0 Å². The summed E-state index contributed by atoms with van der Waals surface area (Å²) in [6.45, 7) is 6.12. The number of nitrogens with one attached hydrogen (secondary N) is 2. The van der Waals surface area contributed by atoms with Crippen LogP contribution in [0.3, 0.4) is 0 Å². The van der Waals surface area contributed by atoms with E-state index in [4.69, 9.17) is 0 Å². The average molecular weight is 461 g/mol. The quantitative estimate of drug-likeness (QED) is 0.553. The van der Waals surface area contributed by atoms with Crippen molar-refractivity contribution in [2.24, 2.45) is 0 Å². The number of benzene rings is 2. The van der Waals surface area contributed by atoms with E-state index in [1.807, 2.05) is 41.0 Å². The van der Waals surface area contributed by atoms with Crippen LogP contribution in [-0.4, -0.2) is 68.8 Å². The molecule has 1 aliphatic rings. The maximum Gasteiger partial charge on any atom is 0.335 e. The standard InChI is InChI=1S/C22H28N4O5S/c1-3-32(30,31)24-19-14-17(22(28)29)7-8-20(19)26-11-9-25(10-12-26)15-21(27)23-18-6-4-5-16(2)13-18/h4-8,13-14,24H,3,9-12,15H2,1-2H3,(H,23,27)(H,28,29). The van der Waals surface area contributed by atoms with Gasteiger partial charge in [-0.25, -0.2) is 13.2 Å². The minimum atomic E-state index is -3.57. The van der Waals surface area contributed by atoms with E-state index < -0.39 is 16.0 Å². The van der Waals surface area contributed by atoms with Crippen LogP contribution in [0.15, 0.2) is 42.5 Å². The Morgan fingerprint density at radius 1 is 1.06 bits per heavy atom. The number of aromatic carboxylic acids is 1. The number of anilines is 3. The minimum absolute atomic E-state index is 0.00834. The van der Waals surface area contributed by atoms with Gasteiger partial charge in [-0.15, -0.1) is 0 Å². The highest BCUT2D eigenvalue weighted by Gasteiger charge is 2.23. The summed E-state index contributed by atoms with van der Waals surface area (Å²) >= 11 is 0. The first-order valence-corrected chi connectivity index (χ1v) is 12.0. The van der Waals surface area contributed by atoms with E-state index >= 15 is 0 Å². The molecule has 9 nitrogen and oxygen atoms in total. The molecule has 172 valence electrons. The normalized spacial score (nSPS) is 14.8. The van der Waals surface area contributed by atoms with Crippen molar-refractivity contribution in [1.82, 2.24) is 4.90 Å². The number of rotatable bonds is 8. The summed E-state index contributed by atoms with van der Waals surface area (Å²) in [5.41, 5.74) is 2.71. The highest BCUT2D eigenvalue weighted by Crippen LogP contribution is 2.29. The van der Waals surface area contributed by atoms with Gasteiger partial charge < -0.3 is 15.3 Å². The van der Waals surface area contributed by atoms with Crippen molar-refractivity contribution >= 4 is 39.0 Å². The van der Waals surface area contributed by atoms with Gasteiger partial charge in [0.25, 0.3) is 0 Å². The number of hydrogen-bond acceptors (Lipinski definition) is 6. The SMILES string of the molecule is CCS(=O)(=O)Nc1cc(C(=O)O)ccc1N1CCN(CC(=O)Nc2cccc(C)c2)CC1. The van der Waals surface area contributed by atoms with Crippen LogP contribution in [0.5, 0.6) is 0 Å². The number of carboxylic acids is 1. The summed E-state index contributed by atoms with van der Waals surface area (Å²) in [5, 5.41) is 12.2. The summed E-state index contributed by atoms with van der Waals surface area (Å²) in [4.78, 5) is 27.8. The second kappa shape index (κ2) is 10.0. The molecule has 0 bridgehead atoms. The Balaban J connectivity index is 1.65. The Morgan fingerprint density at radius 3 is 2.41 bits per heavy atom.